The molecule has 28 heavy (non-hydrogen) atoms. The number of hydrogen-bond donors (Lipinski definition) is 1. The number of rotatable bonds is 8. The van der Waals surface area contributed by atoms with Gasteiger partial charge in [0.15, 0.2) is 11.0 Å². The molecular weight excluding hydrogens is 390 g/mol. The molecule has 0 radical (unpaired) electrons. The standard InChI is InChI=1S/C20H23N5OS2/c1-14(2)12-25-19(15-7-9-21-10-8-15)23-24-20(25)28-13-18(26)22-16-5-4-6-17(11-16)27-3/h4-11,14H,12-13H2,1-3H3,(H,22,26). The summed E-state index contributed by atoms with van der Waals surface area (Å²) in [5.41, 5.74) is 1.77. The molecule has 0 spiro atoms. The van der Waals surface area contributed by atoms with E-state index in [0.29, 0.717) is 5.92 Å². The molecule has 0 saturated carbocycles. The third-order valence-electron chi connectivity index (χ3n) is 3.89. The molecule has 0 fully saturated rings. The van der Waals surface area contributed by atoms with Crippen molar-refractivity contribution in [2.75, 3.05) is 17.3 Å². The van der Waals surface area contributed by atoms with Crippen LogP contribution in [0.15, 0.2) is 58.8 Å². The van der Waals surface area contributed by atoms with Crippen molar-refractivity contribution in [2.45, 2.75) is 30.4 Å². The molecule has 3 rings (SSSR count). The molecule has 0 unspecified atom stereocenters. The predicted molar refractivity (Wildman–Crippen MR) is 116 cm³/mol. The van der Waals surface area contributed by atoms with E-state index < -0.39 is 0 Å². The SMILES string of the molecule is CSc1cccc(NC(=O)CSc2nnc(-c3ccncc3)n2CC(C)C)c1. The Morgan fingerprint density at radius 3 is 2.68 bits per heavy atom. The van der Waals surface area contributed by atoms with Crippen molar-refractivity contribution in [3.63, 3.8) is 0 Å². The Hall–Kier alpha value is -2.32. The molecule has 1 aromatic carbocycles. The van der Waals surface area contributed by atoms with Crippen LogP contribution in [0.3, 0.4) is 0 Å². The monoisotopic (exact) mass is 413 g/mol. The highest BCUT2D eigenvalue weighted by Crippen LogP contribution is 2.25. The van der Waals surface area contributed by atoms with E-state index in [1.165, 1.54) is 11.8 Å². The summed E-state index contributed by atoms with van der Waals surface area (Å²) in [4.78, 5) is 17.6. The Morgan fingerprint density at radius 2 is 1.96 bits per heavy atom. The highest BCUT2D eigenvalue weighted by Gasteiger charge is 2.16. The summed E-state index contributed by atoms with van der Waals surface area (Å²) in [6.45, 7) is 5.08. The molecular formula is C20H23N5OS2. The number of benzene rings is 1. The number of pyridine rings is 1. The summed E-state index contributed by atoms with van der Waals surface area (Å²) in [6, 6.07) is 11.7. The third-order valence-corrected chi connectivity index (χ3v) is 5.58. The highest BCUT2D eigenvalue weighted by atomic mass is 32.2. The molecule has 0 bridgehead atoms. The molecule has 0 aliphatic rings. The Morgan fingerprint density at radius 1 is 1.18 bits per heavy atom. The van der Waals surface area contributed by atoms with Crippen LogP contribution in [0.5, 0.6) is 0 Å². The quantitative estimate of drug-likeness (QED) is 0.550. The van der Waals surface area contributed by atoms with Crippen molar-refractivity contribution in [1.29, 1.82) is 0 Å². The first-order valence-corrected chi connectivity index (χ1v) is 11.2. The molecule has 2 heterocycles. The first kappa shape index (κ1) is 20.4. The Labute approximate surface area is 173 Å². The Balaban J connectivity index is 1.71. The van der Waals surface area contributed by atoms with Crippen LogP contribution in [-0.2, 0) is 11.3 Å². The summed E-state index contributed by atoms with van der Waals surface area (Å²) in [5.74, 6) is 1.44. The molecule has 6 nitrogen and oxygen atoms in total. The number of aromatic nitrogens is 4. The first-order valence-electron chi connectivity index (χ1n) is 8.97. The maximum atomic E-state index is 12.4. The van der Waals surface area contributed by atoms with Crippen molar-refractivity contribution in [2.24, 2.45) is 5.92 Å². The van der Waals surface area contributed by atoms with Crippen molar-refractivity contribution < 1.29 is 4.79 Å². The van der Waals surface area contributed by atoms with Gasteiger partial charge in [0.25, 0.3) is 0 Å². The molecule has 1 amide bonds. The second-order valence-corrected chi connectivity index (χ2v) is 8.44. The van der Waals surface area contributed by atoms with E-state index in [9.17, 15) is 4.79 Å². The van der Waals surface area contributed by atoms with Crippen LogP contribution in [0.1, 0.15) is 13.8 Å². The fourth-order valence-corrected chi connectivity index (χ4v) is 3.87. The van der Waals surface area contributed by atoms with Crippen molar-refractivity contribution in [3.05, 3.63) is 48.8 Å². The van der Waals surface area contributed by atoms with E-state index in [1.807, 2.05) is 42.7 Å². The van der Waals surface area contributed by atoms with E-state index >= 15 is 0 Å². The van der Waals surface area contributed by atoms with Gasteiger partial charge in [0.05, 0.1) is 5.75 Å². The van der Waals surface area contributed by atoms with Crippen molar-refractivity contribution >= 4 is 35.1 Å². The number of anilines is 1. The Kier molecular flexibility index (Phi) is 7.11. The average Bonchev–Trinajstić information content (AvgIpc) is 3.09. The third kappa shape index (κ3) is 5.36. The van der Waals surface area contributed by atoms with Crippen molar-refractivity contribution in [1.82, 2.24) is 19.7 Å². The average molecular weight is 414 g/mol. The molecule has 0 saturated heterocycles. The van der Waals surface area contributed by atoms with Gasteiger partial charge in [-0.05, 0) is 42.5 Å². The van der Waals surface area contributed by atoms with Gasteiger partial charge in [-0.25, -0.2) is 0 Å². The Bertz CT molecular complexity index is 927. The zero-order valence-electron chi connectivity index (χ0n) is 16.1. The molecule has 2 aromatic heterocycles. The predicted octanol–water partition coefficient (Wildman–Crippen LogP) is 4.45. The maximum absolute atomic E-state index is 12.4. The van der Waals surface area contributed by atoms with E-state index in [-0.39, 0.29) is 11.7 Å². The molecule has 8 heteroatoms. The fraction of sp³-hybridized carbons (Fsp3) is 0.300. The van der Waals surface area contributed by atoms with E-state index in [4.69, 9.17) is 0 Å². The molecule has 0 atom stereocenters. The lowest BCUT2D eigenvalue weighted by molar-refractivity contribution is -0.113. The van der Waals surface area contributed by atoms with Crippen LogP contribution >= 0.6 is 23.5 Å². The van der Waals surface area contributed by atoms with Crippen molar-refractivity contribution in [3.8, 4) is 11.4 Å². The zero-order chi connectivity index (χ0) is 19.9. The van der Waals surface area contributed by atoms with Crippen LogP contribution in [-0.4, -0.2) is 37.7 Å². The summed E-state index contributed by atoms with van der Waals surface area (Å²) in [7, 11) is 0. The van der Waals surface area contributed by atoms with E-state index in [1.54, 1.807) is 24.2 Å². The molecule has 0 aliphatic heterocycles. The normalized spacial score (nSPS) is 11.0. The summed E-state index contributed by atoms with van der Waals surface area (Å²) >= 11 is 3.04. The van der Waals surface area contributed by atoms with Gasteiger partial charge < -0.3 is 9.88 Å². The number of nitrogens with one attached hydrogen (secondary N) is 1. The second kappa shape index (κ2) is 9.75. The van der Waals surface area contributed by atoms with Crippen LogP contribution in [0.25, 0.3) is 11.4 Å². The van der Waals surface area contributed by atoms with E-state index in [2.05, 4.69) is 38.9 Å². The summed E-state index contributed by atoms with van der Waals surface area (Å²) in [5, 5.41) is 12.4. The van der Waals surface area contributed by atoms with Crippen LogP contribution < -0.4 is 5.32 Å². The molecule has 0 aliphatic carbocycles. The largest absolute Gasteiger partial charge is 0.325 e. The fourth-order valence-electron chi connectivity index (χ4n) is 2.67. The van der Waals surface area contributed by atoms with Gasteiger partial charge in [-0.15, -0.1) is 22.0 Å². The van der Waals surface area contributed by atoms with Crippen LogP contribution in [0, 0.1) is 5.92 Å². The maximum Gasteiger partial charge on any atom is 0.234 e. The van der Waals surface area contributed by atoms with Gasteiger partial charge >= 0.3 is 0 Å². The van der Waals surface area contributed by atoms with Gasteiger partial charge in [0, 0.05) is 35.1 Å². The van der Waals surface area contributed by atoms with E-state index in [0.717, 1.165) is 33.7 Å². The minimum atomic E-state index is -0.0622. The lowest BCUT2D eigenvalue weighted by atomic mass is 10.2. The molecule has 146 valence electrons. The van der Waals surface area contributed by atoms with Gasteiger partial charge in [-0.3, -0.25) is 9.78 Å². The van der Waals surface area contributed by atoms with Crippen LogP contribution in [0.4, 0.5) is 5.69 Å². The minimum Gasteiger partial charge on any atom is -0.325 e. The first-order chi connectivity index (χ1) is 13.6. The number of carbonyl (C=O) groups excluding carboxylic acids is 1. The summed E-state index contributed by atoms with van der Waals surface area (Å²) in [6.07, 6.45) is 5.50. The van der Waals surface area contributed by atoms with Gasteiger partial charge in [-0.2, -0.15) is 0 Å². The van der Waals surface area contributed by atoms with Crippen LogP contribution in [0.2, 0.25) is 0 Å². The molecule has 1 N–H and O–H groups in total. The molecule has 3 aromatic rings. The minimum absolute atomic E-state index is 0.0622. The second-order valence-electron chi connectivity index (χ2n) is 6.62. The smallest absolute Gasteiger partial charge is 0.234 e. The lowest BCUT2D eigenvalue weighted by Crippen LogP contribution is -2.15. The van der Waals surface area contributed by atoms with Gasteiger partial charge in [-0.1, -0.05) is 31.7 Å². The number of amides is 1. The topological polar surface area (TPSA) is 72.7 Å². The lowest BCUT2D eigenvalue weighted by Gasteiger charge is -2.12. The zero-order valence-corrected chi connectivity index (χ0v) is 17.8. The van der Waals surface area contributed by atoms with Gasteiger partial charge in [0.2, 0.25) is 5.91 Å². The number of hydrogen-bond acceptors (Lipinski definition) is 6. The van der Waals surface area contributed by atoms with Gasteiger partial charge in [0.1, 0.15) is 0 Å². The number of carbonyl (C=O) groups is 1. The number of nitrogens with zero attached hydrogens (tertiary/aromatic N) is 4. The number of thioether (sulfide) groups is 2. The summed E-state index contributed by atoms with van der Waals surface area (Å²) < 4.78 is 2.08. The highest BCUT2D eigenvalue weighted by molar-refractivity contribution is 7.99.